The van der Waals surface area contributed by atoms with Crippen LogP contribution in [0.15, 0.2) is 53.5 Å². The Kier molecular flexibility index (Phi) is 6.60. The Morgan fingerprint density at radius 3 is 2.79 bits per heavy atom. The predicted octanol–water partition coefficient (Wildman–Crippen LogP) is 4.41. The maximum atomic E-state index is 13.4. The lowest BCUT2D eigenvalue weighted by Crippen LogP contribution is -1.94. The summed E-state index contributed by atoms with van der Waals surface area (Å²) in [5.41, 5.74) is 2.79. The topological polar surface area (TPSA) is 20.2 Å². The average Bonchev–Trinajstić information content (AvgIpc) is 2.39. The Balaban J connectivity index is 2.78. The van der Waals surface area contributed by atoms with E-state index in [-0.39, 0.29) is 12.4 Å². The summed E-state index contributed by atoms with van der Waals surface area (Å²) in [4.78, 5) is 0.879. The highest BCUT2D eigenvalue weighted by Crippen LogP contribution is 2.27. The molecule has 1 nitrogen and oxygen atoms in total. The minimum atomic E-state index is -0.301. The van der Waals surface area contributed by atoms with Crippen LogP contribution in [0, 0.1) is 12.7 Å². The van der Waals surface area contributed by atoms with Gasteiger partial charge in [-0.15, -0.1) is 11.8 Å². The van der Waals surface area contributed by atoms with Gasteiger partial charge in [-0.25, -0.2) is 4.39 Å². The highest BCUT2D eigenvalue weighted by atomic mass is 32.2. The maximum Gasteiger partial charge on any atom is 0.124 e. The predicted molar refractivity (Wildman–Crippen MR) is 80.9 cm³/mol. The Morgan fingerprint density at radius 2 is 2.16 bits per heavy atom. The molecule has 0 saturated carbocycles. The normalized spacial score (nSPS) is 12.1. The van der Waals surface area contributed by atoms with Gasteiger partial charge in [-0.2, -0.15) is 0 Å². The molecule has 0 aromatic heterocycles. The average molecular weight is 278 g/mol. The third-order valence-corrected chi connectivity index (χ3v) is 4.02. The molecule has 0 aliphatic heterocycles. The van der Waals surface area contributed by atoms with E-state index < -0.39 is 0 Å². The van der Waals surface area contributed by atoms with Gasteiger partial charge in [0.25, 0.3) is 0 Å². The van der Waals surface area contributed by atoms with E-state index in [0.717, 1.165) is 16.2 Å². The summed E-state index contributed by atoms with van der Waals surface area (Å²) in [7, 11) is 0. The Hall–Kier alpha value is -1.32. The third kappa shape index (κ3) is 5.05. The molecule has 0 spiro atoms. The lowest BCUT2D eigenvalue weighted by atomic mass is 10.1. The molecule has 0 atom stereocenters. The second kappa shape index (κ2) is 7.97. The molecule has 0 unspecified atom stereocenters. The van der Waals surface area contributed by atoms with E-state index in [9.17, 15) is 9.50 Å². The number of allylic oxidation sites excluding steroid dienone is 4. The summed E-state index contributed by atoms with van der Waals surface area (Å²) < 4.78 is 13.4. The molecule has 1 rings (SSSR count). The minimum Gasteiger partial charge on any atom is -0.392 e. The van der Waals surface area contributed by atoms with Crippen LogP contribution in [0.4, 0.5) is 4.39 Å². The first-order valence-electron chi connectivity index (χ1n) is 6.06. The van der Waals surface area contributed by atoms with Crippen molar-refractivity contribution in [3.8, 4) is 0 Å². The first-order valence-corrected chi connectivity index (χ1v) is 7.04. The zero-order chi connectivity index (χ0) is 14.3. The Labute approximate surface area is 118 Å². The minimum absolute atomic E-state index is 0.131. The van der Waals surface area contributed by atoms with Gasteiger partial charge in [-0.1, -0.05) is 36.5 Å². The van der Waals surface area contributed by atoms with Crippen LogP contribution in [0.25, 0.3) is 0 Å². The van der Waals surface area contributed by atoms with E-state index in [1.54, 1.807) is 17.8 Å². The van der Waals surface area contributed by atoms with E-state index in [0.29, 0.717) is 5.56 Å². The lowest BCUT2D eigenvalue weighted by Gasteiger charge is -2.10. The number of aliphatic hydroxyl groups excluding tert-OH is 1. The largest absolute Gasteiger partial charge is 0.392 e. The van der Waals surface area contributed by atoms with Crippen LogP contribution in [0.1, 0.15) is 18.1 Å². The van der Waals surface area contributed by atoms with Gasteiger partial charge in [-0.05, 0) is 37.1 Å². The molecule has 0 radical (unpaired) electrons. The number of benzene rings is 1. The molecule has 0 fully saturated rings. The molecular weight excluding hydrogens is 259 g/mol. The zero-order valence-corrected chi connectivity index (χ0v) is 12.1. The standard InChI is InChI=1S/C16H19FOS/c1-4-5-6-7-12(2)11-19-16-9-15(17)8-14(10-18)13(16)3/h4-9,18H,1,10-11H2,2-3H3/b6-5-,12-7+. The number of rotatable bonds is 6. The van der Waals surface area contributed by atoms with E-state index >= 15 is 0 Å². The Morgan fingerprint density at radius 1 is 1.42 bits per heavy atom. The fourth-order valence-electron chi connectivity index (χ4n) is 1.56. The molecule has 0 saturated heterocycles. The summed E-state index contributed by atoms with van der Waals surface area (Å²) in [5, 5.41) is 9.18. The van der Waals surface area contributed by atoms with Gasteiger partial charge in [0, 0.05) is 10.6 Å². The van der Waals surface area contributed by atoms with Crippen molar-refractivity contribution >= 4 is 11.8 Å². The van der Waals surface area contributed by atoms with Crippen molar-refractivity contribution in [1.29, 1.82) is 0 Å². The summed E-state index contributed by atoms with van der Waals surface area (Å²) in [5.74, 6) is 0.488. The van der Waals surface area contributed by atoms with Crippen molar-refractivity contribution in [2.75, 3.05) is 5.75 Å². The molecular formula is C16H19FOS. The zero-order valence-electron chi connectivity index (χ0n) is 11.3. The van der Waals surface area contributed by atoms with Crippen LogP contribution in [-0.2, 0) is 6.61 Å². The number of thioether (sulfide) groups is 1. The first-order chi connectivity index (χ1) is 9.08. The lowest BCUT2D eigenvalue weighted by molar-refractivity contribution is 0.280. The smallest absolute Gasteiger partial charge is 0.124 e. The molecule has 3 heteroatoms. The number of halogens is 1. The monoisotopic (exact) mass is 278 g/mol. The van der Waals surface area contributed by atoms with Crippen molar-refractivity contribution in [3.63, 3.8) is 0 Å². The number of aliphatic hydroxyl groups is 1. The second-order valence-corrected chi connectivity index (χ2v) is 5.29. The maximum absolute atomic E-state index is 13.4. The van der Waals surface area contributed by atoms with Crippen molar-refractivity contribution in [2.45, 2.75) is 25.3 Å². The molecule has 1 N–H and O–H groups in total. The molecule has 0 bridgehead atoms. The van der Waals surface area contributed by atoms with Crippen LogP contribution in [-0.4, -0.2) is 10.9 Å². The van der Waals surface area contributed by atoms with Crippen LogP contribution in [0.3, 0.4) is 0 Å². The van der Waals surface area contributed by atoms with Crippen molar-refractivity contribution in [3.05, 3.63) is 65.5 Å². The molecule has 0 amide bonds. The van der Waals surface area contributed by atoms with E-state index in [2.05, 4.69) is 6.58 Å². The van der Waals surface area contributed by atoms with Crippen molar-refractivity contribution in [2.24, 2.45) is 0 Å². The fourth-order valence-corrected chi connectivity index (χ4v) is 2.58. The Bertz CT molecular complexity index is 504. The van der Waals surface area contributed by atoms with Gasteiger partial charge in [0.05, 0.1) is 6.61 Å². The second-order valence-electron chi connectivity index (χ2n) is 4.27. The van der Waals surface area contributed by atoms with Crippen LogP contribution in [0.5, 0.6) is 0 Å². The summed E-state index contributed by atoms with van der Waals surface area (Å²) in [6.45, 7) is 7.41. The first kappa shape index (κ1) is 15.7. The molecule has 102 valence electrons. The number of hydrogen-bond donors (Lipinski definition) is 1. The van der Waals surface area contributed by atoms with Gasteiger partial charge in [0.2, 0.25) is 0 Å². The molecule has 1 aromatic rings. The highest BCUT2D eigenvalue weighted by Gasteiger charge is 2.07. The summed E-state index contributed by atoms with van der Waals surface area (Å²) >= 11 is 1.58. The van der Waals surface area contributed by atoms with E-state index in [1.807, 2.05) is 32.1 Å². The van der Waals surface area contributed by atoms with Gasteiger partial charge < -0.3 is 5.11 Å². The van der Waals surface area contributed by atoms with Crippen molar-refractivity contribution < 1.29 is 9.50 Å². The highest BCUT2D eigenvalue weighted by molar-refractivity contribution is 7.99. The van der Waals surface area contributed by atoms with Crippen LogP contribution >= 0.6 is 11.8 Å². The molecule has 0 aliphatic carbocycles. The molecule has 0 heterocycles. The van der Waals surface area contributed by atoms with Crippen LogP contribution in [0.2, 0.25) is 0 Å². The van der Waals surface area contributed by atoms with Gasteiger partial charge in [0.1, 0.15) is 5.82 Å². The SMILES string of the molecule is C=C/C=C\C=C(/C)CSc1cc(F)cc(CO)c1C. The van der Waals surface area contributed by atoms with E-state index in [1.165, 1.54) is 17.7 Å². The molecule has 1 aromatic carbocycles. The summed E-state index contributed by atoms with van der Waals surface area (Å²) in [6.07, 6.45) is 7.53. The van der Waals surface area contributed by atoms with Gasteiger partial charge in [-0.3, -0.25) is 0 Å². The van der Waals surface area contributed by atoms with Gasteiger partial charge in [0.15, 0.2) is 0 Å². The quantitative estimate of drug-likeness (QED) is 0.614. The van der Waals surface area contributed by atoms with Crippen LogP contribution < -0.4 is 0 Å². The number of hydrogen-bond acceptors (Lipinski definition) is 2. The van der Waals surface area contributed by atoms with Gasteiger partial charge >= 0.3 is 0 Å². The van der Waals surface area contributed by atoms with Crippen molar-refractivity contribution in [1.82, 2.24) is 0 Å². The summed E-state index contributed by atoms with van der Waals surface area (Å²) in [6, 6.07) is 2.90. The molecule has 0 aliphatic rings. The van der Waals surface area contributed by atoms with E-state index in [4.69, 9.17) is 0 Å². The third-order valence-electron chi connectivity index (χ3n) is 2.69. The fraction of sp³-hybridized carbons (Fsp3) is 0.250. The molecule has 19 heavy (non-hydrogen) atoms.